The summed E-state index contributed by atoms with van der Waals surface area (Å²) in [4.78, 5) is 30.7. The molecule has 3 aromatic rings. The van der Waals surface area contributed by atoms with Crippen LogP contribution in [0.5, 0.6) is 5.75 Å². The summed E-state index contributed by atoms with van der Waals surface area (Å²) in [6.07, 6.45) is 0.0940. The van der Waals surface area contributed by atoms with Gasteiger partial charge in [-0.05, 0) is 45.0 Å². The first-order valence-electron chi connectivity index (χ1n) is 12.4. The molecule has 0 radical (unpaired) electrons. The van der Waals surface area contributed by atoms with Crippen molar-refractivity contribution < 1.29 is 28.5 Å². The highest BCUT2D eigenvalue weighted by Crippen LogP contribution is 2.34. The fraction of sp³-hybridized carbons (Fsp3) is 0.444. The van der Waals surface area contributed by atoms with E-state index in [9.17, 15) is 9.59 Å². The van der Waals surface area contributed by atoms with Gasteiger partial charge < -0.3 is 23.7 Å². The van der Waals surface area contributed by atoms with Crippen molar-refractivity contribution >= 4 is 28.6 Å². The van der Waals surface area contributed by atoms with Crippen LogP contribution in [-0.4, -0.2) is 48.4 Å². The number of carbonyl (C=O) groups is 1. The van der Waals surface area contributed by atoms with E-state index in [0.29, 0.717) is 65.9 Å². The maximum absolute atomic E-state index is 13.5. The largest absolute Gasteiger partial charge is 0.467 e. The lowest BCUT2D eigenvalue weighted by atomic mass is 10.0. The van der Waals surface area contributed by atoms with Crippen LogP contribution in [-0.2, 0) is 37.9 Å². The summed E-state index contributed by atoms with van der Waals surface area (Å²) in [7, 11) is 0. The molecule has 1 aliphatic heterocycles. The second kappa shape index (κ2) is 13.0. The molecule has 1 aliphatic rings. The third kappa shape index (κ3) is 6.51. The Kier molecular flexibility index (Phi) is 9.56. The summed E-state index contributed by atoms with van der Waals surface area (Å²) >= 11 is 1.41. The van der Waals surface area contributed by atoms with E-state index in [1.807, 2.05) is 32.0 Å². The normalized spacial score (nSPS) is 13.0. The molecule has 0 aliphatic carbocycles. The van der Waals surface area contributed by atoms with Crippen LogP contribution in [0.3, 0.4) is 0 Å². The molecule has 0 unspecified atom stereocenters. The highest BCUT2D eigenvalue weighted by molar-refractivity contribution is 7.98. The quantitative estimate of drug-likeness (QED) is 0.145. The van der Waals surface area contributed by atoms with Crippen molar-refractivity contribution in [3.05, 3.63) is 63.4 Å². The molecule has 0 atom stereocenters. The first-order valence-corrected chi connectivity index (χ1v) is 13.4. The van der Waals surface area contributed by atoms with E-state index in [1.54, 1.807) is 29.7 Å². The molecule has 0 N–H and O–H groups in total. The Morgan fingerprint density at radius 3 is 2.68 bits per heavy atom. The Morgan fingerprint density at radius 2 is 1.92 bits per heavy atom. The van der Waals surface area contributed by atoms with Gasteiger partial charge >= 0.3 is 5.97 Å². The van der Waals surface area contributed by atoms with Gasteiger partial charge in [0.25, 0.3) is 5.56 Å². The summed E-state index contributed by atoms with van der Waals surface area (Å²) < 4.78 is 29.4. The molecule has 0 amide bonds. The lowest BCUT2D eigenvalue weighted by Gasteiger charge is -2.22. The molecule has 0 bridgehead atoms. The Hall–Kier alpha value is -2.92. The molecule has 2 aromatic carbocycles. The molecular weight excluding hydrogens is 496 g/mol. The molecule has 4 rings (SSSR count). The Labute approximate surface area is 220 Å². The Bertz CT molecular complexity index is 1290. The summed E-state index contributed by atoms with van der Waals surface area (Å²) in [5.41, 5.74) is 2.54. The molecule has 2 heterocycles. The van der Waals surface area contributed by atoms with E-state index in [4.69, 9.17) is 28.7 Å². The SMILES string of the molecule is CCOC(=O)c1cc2c(c(CSc3nc4ccccc4c(=O)n3CCC(OCC)OCC)c1)OCOC2. The topological polar surface area (TPSA) is 98.1 Å². The standard InChI is InChI=1S/C27H32N2O7S/c1-4-33-23(34-5-2)11-12-29-25(30)21-9-7-8-10-22(21)28-27(29)37-16-20-14-18(26(31)35-6-3)13-19-15-32-17-36-24(19)20/h7-10,13-14,23H,4-6,11-12,15-17H2,1-3H3. The number of nitrogens with zero attached hydrogens (tertiary/aromatic N) is 2. The van der Waals surface area contributed by atoms with Crippen molar-refractivity contribution in [2.75, 3.05) is 26.6 Å². The Balaban J connectivity index is 1.67. The lowest BCUT2D eigenvalue weighted by molar-refractivity contribution is -0.141. The zero-order valence-corrected chi connectivity index (χ0v) is 22.2. The maximum atomic E-state index is 13.5. The van der Waals surface area contributed by atoms with Crippen molar-refractivity contribution in [2.45, 2.75) is 57.5 Å². The van der Waals surface area contributed by atoms with E-state index in [-0.39, 0.29) is 19.0 Å². The maximum Gasteiger partial charge on any atom is 0.338 e. The third-order valence-electron chi connectivity index (χ3n) is 5.77. The number of hydrogen-bond acceptors (Lipinski definition) is 9. The smallest absolute Gasteiger partial charge is 0.338 e. The van der Waals surface area contributed by atoms with Gasteiger partial charge in [-0.2, -0.15) is 0 Å². The second-order valence-corrected chi connectivity index (χ2v) is 9.18. The molecule has 0 saturated heterocycles. The van der Waals surface area contributed by atoms with Crippen LogP contribution in [0.25, 0.3) is 10.9 Å². The van der Waals surface area contributed by atoms with Crippen LogP contribution in [0.15, 0.2) is 46.3 Å². The van der Waals surface area contributed by atoms with Gasteiger partial charge in [0.1, 0.15) is 5.75 Å². The van der Waals surface area contributed by atoms with Crippen molar-refractivity contribution in [1.82, 2.24) is 9.55 Å². The summed E-state index contributed by atoms with van der Waals surface area (Å²) in [5.74, 6) is 0.718. The number of carbonyl (C=O) groups excluding carboxylic acids is 1. The third-order valence-corrected chi connectivity index (χ3v) is 6.80. The average Bonchev–Trinajstić information content (AvgIpc) is 2.91. The van der Waals surface area contributed by atoms with Crippen LogP contribution in [0.4, 0.5) is 0 Å². The molecule has 9 nitrogen and oxygen atoms in total. The van der Waals surface area contributed by atoms with Crippen LogP contribution in [0.1, 0.15) is 48.7 Å². The van der Waals surface area contributed by atoms with Gasteiger partial charge in [-0.25, -0.2) is 9.78 Å². The van der Waals surface area contributed by atoms with Crippen LogP contribution in [0.2, 0.25) is 0 Å². The highest BCUT2D eigenvalue weighted by atomic mass is 32.2. The predicted molar refractivity (Wildman–Crippen MR) is 140 cm³/mol. The molecule has 0 saturated carbocycles. The number of benzene rings is 2. The van der Waals surface area contributed by atoms with E-state index < -0.39 is 12.3 Å². The number of aromatic nitrogens is 2. The van der Waals surface area contributed by atoms with Gasteiger partial charge in [0.05, 0.1) is 29.7 Å². The van der Waals surface area contributed by atoms with Gasteiger partial charge in [0.2, 0.25) is 0 Å². The molecule has 1 aromatic heterocycles. The van der Waals surface area contributed by atoms with Gasteiger partial charge in [-0.15, -0.1) is 0 Å². The van der Waals surface area contributed by atoms with E-state index in [1.165, 1.54) is 11.8 Å². The monoisotopic (exact) mass is 528 g/mol. The minimum absolute atomic E-state index is 0.119. The van der Waals surface area contributed by atoms with Crippen LogP contribution in [0, 0.1) is 0 Å². The minimum Gasteiger partial charge on any atom is -0.467 e. The number of rotatable bonds is 12. The van der Waals surface area contributed by atoms with Crippen molar-refractivity contribution in [3.8, 4) is 5.75 Å². The van der Waals surface area contributed by atoms with Crippen molar-refractivity contribution in [1.29, 1.82) is 0 Å². The molecule has 0 fully saturated rings. The molecular formula is C27H32N2O7S. The number of hydrogen-bond donors (Lipinski definition) is 0. The summed E-state index contributed by atoms with van der Waals surface area (Å²) in [6, 6.07) is 10.8. The fourth-order valence-corrected chi connectivity index (χ4v) is 5.15. The van der Waals surface area contributed by atoms with Gasteiger partial charge in [-0.3, -0.25) is 9.36 Å². The van der Waals surface area contributed by atoms with Gasteiger partial charge in [0.15, 0.2) is 18.2 Å². The highest BCUT2D eigenvalue weighted by Gasteiger charge is 2.21. The van der Waals surface area contributed by atoms with Gasteiger partial charge in [-0.1, -0.05) is 23.9 Å². The second-order valence-electron chi connectivity index (χ2n) is 8.24. The predicted octanol–water partition coefficient (Wildman–Crippen LogP) is 4.52. The number of ether oxygens (including phenoxy) is 5. The fourth-order valence-electron chi connectivity index (χ4n) is 4.16. The number of esters is 1. The first-order chi connectivity index (χ1) is 18.0. The van der Waals surface area contributed by atoms with Crippen LogP contribution < -0.4 is 10.3 Å². The molecule has 37 heavy (non-hydrogen) atoms. The van der Waals surface area contributed by atoms with E-state index in [0.717, 1.165) is 11.1 Å². The van der Waals surface area contributed by atoms with Crippen molar-refractivity contribution in [2.24, 2.45) is 0 Å². The number of fused-ring (bicyclic) bond motifs is 2. The minimum atomic E-state index is -0.409. The summed E-state index contributed by atoms with van der Waals surface area (Å²) in [6.45, 7) is 7.77. The molecule has 198 valence electrons. The average molecular weight is 529 g/mol. The lowest BCUT2D eigenvalue weighted by Crippen LogP contribution is -2.27. The van der Waals surface area contributed by atoms with Crippen LogP contribution >= 0.6 is 11.8 Å². The molecule has 0 spiro atoms. The van der Waals surface area contributed by atoms with Gasteiger partial charge in [0, 0.05) is 43.1 Å². The number of para-hydroxylation sites is 1. The first kappa shape index (κ1) is 27.1. The van der Waals surface area contributed by atoms with Crippen molar-refractivity contribution in [3.63, 3.8) is 0 Å². The number of thioether (sulfide) groups is 1. The van der Waals surface area contributed by atoms with E-state index >= 15 is 0 Å². The zero-order chi connectivity index (χ0) is 26.2. The summed E-state index contributed by atoms with van der Waals surface area (Å²) in [5, 5.41) is 1.12. The molecule has 10 heteroatoms. The zero-order valence-electron chi connectivity index (χ0n) is 21.4. The Morgan fingerprint density at radius 1 is 1.14 bits per heavy atom. The van der Waals surface area contributed by atoms with E-state index in [2.05, 4.69) is 0 Å².